The SMILES string of the molecule is C[C@@H]1CN(C(=O)c2ccc3nnnn3c2)C[C@H](C)O1. The van der Waals surface area contributed by atoms with E-state index in [0.29, 0.717) is 24.3 Å². The van der Waals surface area contributed by atoms with Gasteiger partial charge in [0.1, 0.15) is 0 Å². The van der Waals surface area contributed by atoms with Gasteiger partial charge < -0.3 is 9.64 Å². The highest BCUT2D eigenvalue weighted by Crippen LogP contribution is 2.14. The van der Waals surface area contributed by atoms with Gasteiger partial charge in [-0.25, -0.2) is 0 Å². The molecule has 1 aliphatic rings. The second-order valence-corrected chi connectivity index (χ2v) is 4.87. The van der Waals surface area contributed by atoms with Crippen molar-refractivity contribution in [2.24, 2.45) is 0 Å². The lowest BCUT2D eigenvalue weighted by Crippen LogP contribution is -2.48. The molecule has 100 valence electrons. The molecule has 0 N–H and O–H groups in total. The van der Waals surface area contributed by atoms with Gasteiger partial charge in [-0.05, 0) is 36.4 Å². The number of tetrazole rings is 1. The summed E-state index contributed by atoms with van der Waals surface area (Å²) < 4.78 is 7.13. The van der Waals surface area contributed by atoms with Crippen molar-refractivity contribution in [2.75, 3.05) is 13.1 Å². The molecule has 1 fully saturated rings. The van der Waals surface area contributed by atoms with Crippen LogP contribution in [-0.2, 0) is 4.74 Å². The van der Waals surface area contributed by atoms with Gasteiger partial charge in [0.15, 0.2) is 5.65 Å². The van der Waals surface area contributed by atoms with Crippen molar-refractivity contribution in [3.05, 3.63) is 23.9 Å². The molecule has 1 saturated heterocycles. The third-order valence-corrected chi connectivity index (χ3v) is 3.15. The summed E-state index contributed by atoms with van der Waals surface area (Å²) >= 11 is 0. The predicted octanol–water partition coefficient (Wildman–Crippen LogP) is 0.374. The Bertz CT molecular complexity index is 601. The fourth-order valence-electron chi connectivity index (χ4n) is 2.39. The third kappa shape index (κ3) is 2.28. The fourth-order valence-corrected chi connectivity index (χ4v) is 2.39. The van der Waals surface area contributed by atoms with E-state index in [2.05, 4.69) is 15.5 Å². The van der Waals surface area contributed by atoms with Crippen molar-refractivity contribution >= 4 is 11.6 Å². The normalized spacial score (nSPS) is 23.8. The summed E-state index contributed by atoms with van der Waals surface area (Å²) in [4.78, 5) is 14.3. The number of amides is 1. The maximum absolute atomic E-state index is 12.4. The van der Waals surface area contributed by atoms with Crippen LogP contribution in [0.15, 0.2) is 18.3 Å². The van der Waals surface area contributed by atoms with Crippen molar-refractivity contribution in [3.63, 3.8) is 0 Å². The largest absolute Gasteiger partial charge is 0.372 e. The van der Waals surface area contributed by atoms with E-state index in [4.69, 9.17) is 4.74 Å². The number of hydrogen-bond donors (Lipinski definition) is 0. The molecular weight excluding hydrogens is 246 g/mol. The average Bonchev–Trinajstić information content (AvgIpc) is 2.83. The van der Waals surface area contributed by atoms with Gasteiger partial charge in [0.2, 0.25) is 0 Å². The van der Waals surface area contributed by atoms with Gasteiger partial charge in [-0.1, -0.05) is 0 Å². The van der Waals surface area contributed by atoms with Gasteiger partial charge in [0.25, 0.3) is 5.91 Å². The van der Waals surface area contributed by atoms with E-state index >= 15 is 0 Å². The Balaban J connectivity index is 1.86. The zero-order valence-corrected chi connectivity index (χ0v) is 10.9. The topological polar surface area (TPSA) is 72.6 Å². The van der Waals surface area contributed by atoms with E-state index in [1.54, 1.807) is 18.3 Å². The molecule has 0 aromatic carbocycles. The molecule has 7 heteroatoms. The van der Waals surface area contributed by atoms with Gasteiger partial charge in [-0.2, -0.15) is 4.52 Å². The smallest absolute Gasteiger partial charge is 0.255 e. The minimum atomic E-state index is -0.0144. The second kappa shape index (κ2) is 4.58. The van der Waals surface area contributed by atoms with Crippen LogP contribution in [0.5, 0.6) is 0 Å². The Morgan fingerprint density at radius 2 is 2.05 bits per heavy atom. The highest BCUT2D eigenvalue weighted by molar-refractivity contribution is 5.94. The molecule has 2 aromatic rings. The highest BCUT2D eigenvalue weighted by Gasteiger charge is 2.26. The van der Waals surface area contributed by atoms with Crippen molar-refractivity contribution in [2.45, 2.75) is 26.1 Å². The van der Waals surface area contributed by atoms with Crippen LogP contribution in [0.2, 0.25) is 0 Å². The molecule has 2 aromatic heterocycles. The first-order valence-corrected chi connectivity index (χ1v) is 6.26. The molecule has 0 bridgehead atoms. The van der Waals surface area contributed by atoms with E-state index in [1.165, 1.54) is 4.52 Å². The van der Waals surface area contributed by atoms with Crippen LogP contribution in [0.25, 0.3) is 5.65 Å². The Morgan fingerprint density at radius 1 is 1.32 bits per heavy atom. The van der Waals surface area contributed by atoms with Crippen molar-refractivity contribution < 1.29 is 9.53 Å². The summed E-state index contributed by atoms with van der Waals surface area (Å²) in [6.45, 7) is 5.16. The minimum Gasteiger partial charge on any atom is -0.372 e. The Labute approximate surface area is 110 Å². The van der Waals surface area contributed by atoms with Gasteiger partial charge >= 0.3 is 0 Å². The molecular formula is C12H15N5O2. The lowest BCUT2D eigenvalue weighted by molar-refractivity contribution is -0.0586. The van der Waals surface area contributed by atoms with Crippen LogP contribution in [-0.4, -0.2) is 56.1 Å². The van der Waals surface area contributed by atoms with Crippen LogP contribution >= 0.6 is 0 Å². The summed E-state index contributed by atoms with van der Waals surface area (Å²) in [7, 11) is 0. The van der Waals surface area contributed by atoms with Gasteiger partial charge in [-0.15, -0.1) is 5.10 Å². The van der Waals surface area contributed by atoms with E-state index in [1.807, 2.05) is 18.7 Å². The van der Waals surface area contributed by atoms with E-state index < -0.39 is 0 Å². The van der Waals surface area contributed by atoms with Crippen molar-refractivity contribution in [3.8, 4) is 0 Å². The van der Waals surface area contributed by atoms with Crippen LogP contribution in [0.1, 0.15) is 24.2 Å². The Kier molecular flexibility index (Phi) is 2.90. The van der Waals surface area contributed by atoms with Gasteiger partial charge in [-0.3, -0.25) is 4.79 Å². The molecule has 2 atom stereocenters. The average molecular weight is 261 g/mol. The number of fused-ring (bicyclic) bond motifs is 1. The quantitative estimate of drug-likeness (QED) is 0.741. The first kappa shape index (κ1) is 12.0. The first-order valence-electron chi connectivity index (χ1n) is 6.26. The lowest BCUT2D eigenvalue weighted by Gasteiger charge is -2.35. The molecule has 3 rings (SSSR count). The van der Waals surface area contributed by atoms with E-state index in [9.17, 15) is 4.79 Å². The molecule has 7 nitrogen and oxygen atoms in total. The monoisotopic (exact) mass is 261 g/mol. The molecule has 3 heterocycles. The summed E-state index contributed by atoms with van der Waals surface area (Å²) in [6.07, 6.45) is 1.77. The Morgan fingerprint density at radius 3 is 2.79 bits per heavy atom. The fraction of sp³-hybridized carbons (Fsp3) is 0.500. The number of rotatable bonds is 1. The van der Waals surface area contributed by atoms with Gasteiger partial charge in [0, 0.05) is 19.3 Å². The summed E-state index contributed by atoms with van der Waals surface area (Å²) in [5.74, 6) is -0.0144. The zero-order chi connectivity index (χ0) is 13.4. The van der Waals surface area contributed by atoms with E-state index in [0.717, 1.165) is 0 Å². The van der Waals surface area contributed by atoms with Crippen LogP contribution in [0.4, 0.5) is 0 Å². The molecule has 0 radical (unpaired) electrons. The minimum absolute atomic E-state index is 0.0144. The number of carbonyl (C=O) groups is 1. The number of carbonyl (C=O) groups excluding carboxylic acids is 1. The molecule has 1 amide bonds. The standard InChI is InChI=1S/C12H15N5O2/c1-8-5-16(6-9(2)19-8)12(18)10-3-4-11-13-14-15-17(11)7-10/h3-4,7-9H,5-6H2,1-2H3/t8-,9+. The van der Waals surface area contributed by atoms with Crippen LogP contribution < -0.4 is 0 Å². The predicted molar refractivity (Wildman–Crippen MR) is 66.7 cm³/mol. The van der Waals surface area contributed by atoms with Gasteiger partial charge in [0.05, 0.1) is 17.8 Å². The number of morpholine rings is 1. The van der Waals surface area contributed by atoms with Crippen molar-refractivity contribution in [1.29, 1.82) is 0 Å². The molecule has 1 aliphatic heterocycles. The molecule has 0 unspecified atom stereocenters. The highest BCUT2D eigenvalue weighted by atomic mass is 16.5. The van der Waals surface area contributed by atoms with E-state index in [-0.39, 0.29) is 18.1 Å². The number of hydrogen-bond acceptors (Lipinski definition) is 5. The molecule has 19 heavy (non-hydrogen) atoms. The number of nitrogens with zero attached hydrogens (tertiary/aromatic N) is 5. The number of ether oxygens (including phenoxy) is 1. The third-order valence-electron chi connectivity index (χ3n) is 3.15. The Hall–Kier alpha value is -2.02. The van der Waals surface area contributed by atoms with Crippen LogP contribution in [0, 0.1) is 0 Å². The lowest BCUT2D eigenvalue weighted by atomic mass is 10.2. The molecule has 0 aliphatic carbocycles. The molecule has 0 spiro atoms. The van der Waals surface area contributed by atoms with Crippen LogP contribution in [0.3, 0.4) is 0 Å². The second-order valence-electron chi connectivity index (χ2n) is 4.87. The molecule has 0 saturated carbocycles. The van der Waals surface area contributed by atoms with Crippen molar-refractivity contribution in [1.82, 2.24) is 24.9 Å². The summed E-state index contributed by atoms with van der Waals surface area (Å²) in [5.41, 5.74) is 1.21. The first-order chi connectivity index (χ1) is 9.13. The zero-order valence-electron chi connectivity index (χ0n) is 10.9. The summed E-state index contributed by atoms with van der Waals surface area (Å²) in [5, 5.41) is 11.2. The number of aromatic nitrogens is 4. The number of pyridine rings is 1. The summed E-state index contributed by atoms with van der Waals surface area (Å²) in [6, 6.07) is 3.49. The maximum Gasteiger partial charge on any atom is 0.255 e. The maximum atomic E-state index is 12.4.